The highest BCUT2D eigenvalue weighted by Gasteiger charge is 2.03. The molecule has 13 heavy (non-hydrogen) atoms. The Morgan fingerprint density at radius 2 is 2.31 bits per heavy atom. The summed E-state index contributed by atoms with van der Waals surface area (Å²) in [7, 11) is 0. The van der Waals surface area contributed by atoms with Gasteiger partial charge in [-0.1, -0.05) is 17.7 Å². The molecule has 0 amide bonds. The van der Waals surface area contributed by atoms with E-state index >= 15 is 0 Å². The van der Waals surface area contributed by atoms with Gasteiger partial charge in [0.25, 0.3) is 0 Å². The van der Waals surface area contributed by atoms with Crippen molar-refractivity contribution >= 4 is 17.3 Å². The van der Waals surface area contributed by atoms with E-state index in [1.165, 1.54) is 12.1 Å². The lowest BCUT2D eigenvalue weighted by atomic mass is 10.2. The Bertz CT molecular complexity index is 312. The van der Waals surface area contributed by atoms with E-state index in [0.29, 0.717) is 10.7 Å². The van der Waals surface area contributed by atoms with Gasteiger partial charge in [0.05, 0.1) is 5.69 Å². The monoisotopic (exact) mass is 199 g/mol. The maximum Gasteiger partial charge on any atom is 0.146 e. The Morgan fingerprint density at radius 3 is 2.92 bits per heavy atom. The molecule has 0 fully saturated rings. The average Bonchev–Trinajstić information content (AvgIpc) is 2.11. The van der Waals surface area contributed by atoms with Crippen LogP contribution in [0.5, 0.6) is 0 Å². The highest BCUT2D eigenvalue weighted by molar-refractivity contribution is 6.30. The van der Waals surface area contributed by atoms with Crippen molar-refractivity contribution in [1.82, 2.24) is 0 Å². The molecule has 0 aliphatic heterocycles. The smallest absolute Gasteiger partial charge is 0.146 e. The Morgan fingerprint density at radius 1 is 1.62 bits per heavy atom. The fourth-order valence-electron chi connectivity index (χ4n) is 0.912. The second kappa shape index (κ2) is 4.28. The minimum Gasteiger partial charge on any atom is -0.377 e. The topological polar surface area (TPSA) is 12.0 Å². The number of rotatable bonds is 3. The highest BCUT2D eigenvalue weighted by atomic mass is 35.5. The minimum absolute atomic E-state index is 0.0213. The van der Waals surface area contributed by atoms with E-state index in [2.05, 4.69) is 11.9 Å². The molecule has 0 spiro atoms. The molecule has 0 saturated carbocycles. The van der Waals surface area contributed by atoms with Crippen molar-refractivity contribution in [2.24, 2.45) is 0 Å². The molecule has 0 aromatic heterocycles. The van der Waals surface area contributed by atoms with Crippen LogP contribution in [0.2, 0.25) is 5.02 Å². The number of hydrogen-bond donors (Lipinski definition) is 1. The molecule has 0 aliphatic rings. The van der Waals surface area contributed by atoms with Crippen LogP contribution in [0.4, 0.5) is 10.1 Å². The summed E-state index contributed by atoms with van der Waals surface area (Å²) in [6, 6.07) is 4.42. The summed E-state index contributed by atoms with van der Waals surface area (Å²) in [4.78, 5) is 0. The first-order valence-electron chi connectivity index (χ1n) is 3.97. The van der Waals surface area contributed by atoms with Gasteiger partial charge >= 0.3 is 0 Å². The van der Waals surface area contributed by atoms with Crippen molar-refractivity contribution in [3.63, 3.8) is 0 Å². The number of benzene rings is 1. The van der Waals surface area contributed by atoms with Crippen molar-refractivity contribution < 1.29 is 4.39 Å². The summed E-state index contributed by atoms with van der Waals surface area (Å²) < 4.78 is 13.1. The van der Waals surface area contributed by atoms with Gasteiger partial charge in [0.2, 0.25) is 0 Å². The molecule has 1 nitrogen and oxygen atoms in total. The second-order valence-electron chi connectivity index (χ2n) is 2.79. The lowest BCUT2D eigenvalue weighted by Gasteiger charge is -2.11. The van der Waals surface area contributed by atoms with Crippen LogP contribution in [0.15, 0.2) is 30.9 Å². The van der Waals surface area contributed by atoms with E-state index in [0.717, 1.165) is 0 Å². The summed E-state index contributed by atoms with van der Waals surface area (Å²) >= 11 is 5.71. The Kier molecular flexibility index (Phi) is 3.32. The second-order valence-corrected chi connectivity index (χ2v) is 3.23. The van der Waals surface area contributed by atoms with Gasteiger partial charge in [0.1, 0.15) is 5.82 Å². The third kappa shape index (κ3) is 2.74. The van der Waals surface area contributed by atoms with Crippen LogP contribution in [-0.4, -0.2) is 6.04 Å². The van der Waals surface area contributed by atoms with Gasteiger partial charge < -0.3 is 5.32 Å². The first-order valence-corrected chi connectivity index (χ1v) is 4.35. The largest absolute Gasteiger partial charge is 0.377 e. The van der Waals surface area contributed by atoms with E-state index in [1.54, 1.807) is 12.1 Å². The first-order chi connectivity index (χ1) is 6.13. The average molecular weight is 200 g/mol. The zero-order chi connectivity index (χ0) is 9.84. The first kappa shape index (κ1) is 10.1. The van der Waals surface area contributed by atoms with Gasteiger partial charge in [0, 0.05) is 11.1 Å². The normalized spacial score (nSPS) is 12.2. The van der Waals surface area contributed by atoms with E-state index in [1.807, 2.05) is 6.92 Å². The predicted octanol–water partition coefficient (Wildman–Crippen LogP) is 3.47. The Balaban J connectivity index is 2.86. The SMILES string of the molecule is C=CC(C)Nc1cc(Cl)ccc1F. The molecule has 0 radical (unpaired) electrons. The number of anilines is 1. The van der Waals surface area contributed by atoms with E-state index < -0.39 is 0 Å². The fourth-order valence-corrected chi connectivity index (χ4v) is 1.08. The zero-order valence-electron chi connectivity index (χ0n) is 7.35. The van der Waals surface area contributed by atoms with Crippen LogP contribution in [0.1, 0.15) is 6.92 Å². The molecule has 1 aromatic rings. The highest BCUT2D eigenvalue weighted by Crippen LogP contribution is 2.20. The number of nitrogens with one attached hydrogen (secondary N) is 1. The van der Waals surface area contributed by atoms with Crippen LogP contribution in [-0.2, 0) is 0 Å². The molecular formula is C10H11ClFN. The summed E-state index contributed by atoms with van der Waals surface area (Å²) in [5.74, 6) is -0.307. The van der Waals surface area contributed by atoms with Gasteiger partial charge in [0.15, 0.2) is 0 Å². The van der Waals surface area contributed by atoms with Crippen molar-refractivity contribution in [1.29, 1.82) is 0 Å². The molecule has 1 unspecified atom stereocenters. The van der Waals surface area contributed by atoms with Gasteiger partial charge in [-0.25, -0.2) is 4.39 Å². The van der Waals surface area contributed by atoms with Gasteiger partial charge in [-0.15, -0.1) is 6.58 Å². The summed E-state index contributed by atoms with van der Waals surface area (Å²) in [5, 5.41) is 3.44. The van der Waals surface area contributed by atoms with Crippen molar-refractivity contribution in [3.8, 4) is 0 Å². The number of halogens is 2. The van der Waals surface area contributed by atoms with E-state index in [-0.39, 0.29) is 11.9 Å². The van der Waals surface area contributed by atoms with Crippen molar-refractivity contribution in [2.45, 2.75) is 13.0 Å². The van der Waals surface area contributed by atoms with Gasteiger partial charge in [-0.05, 0) is 25.1 Å². The maximum absolute atomic E-state index is 13.1. The molecule has 1 rings (SSSR count). The summed E-state index contributed by atoms with van der Waals surface area (Å²) in [6.45, 7) is 5.47. The third-order valence-corrected chi connectivity index (χ3v) is 1.90. The molecular weight excluding hydrogens is 189 g/mol. The van der Waals surface area contributed by atoms with Gasteiger partial charge in [-0.2, -0.15) is 0 Å². The Labute approximate surface area is 82.2 Å². The molecule has 1 N–H and O–H groups in total. The lowest BCUT2D eigenvalue weighted by molar-refractivity contribution is 0.629. The van der Waals surface area contributed by atoms with Crippen LogP contribution >= 0.6 is 11.6 Å². The number of hydrogen-bond acceptors (Lipinski definition) is 1. The van der Waals surface area contributed by atoms with E-state index in [9.17, 15) is 4.39 Å². The lowest BCUT2D eigenvalue weighted by Crippen LogP contribution is -2.12. The van der Waals surface area contributed by atoms with Crippen molar-refractivity contribution in [2.75, 3.05) is 5.32 Å². The third-order valence-electron chi connectivity index (χ3n) is 1.67. The molecule has 1 aromatic carbocycles. The molecule has 0 aliphatic carbocycles. The predicted molar refractivity (Wildman–Crippen MR) is 54.7 cm³/mol. The molecule has 0 heterocycles. The quantitative estimate of drug-likeness (QED) is 0.736. The summed E-state index contributed by atoms with van der Waals surface area (Å²) in [6.07, 6.45) is 1.69. The van der Waals surface area contributed by atoms with Gasteiger partial charge in [-0.3, -0.25) is 0 Å². The van der Waals surface area contributed by atoms with E-state index in [4.69, 9.17) is 11.6 Å². The van der Waals surface area contributed by atoms with Crippen LogP contribution in [0, 0.1) is 5.82 Å². The fraction of sp³-hybridized carbons (Fsp3) is 0.200. The summed E-state index contributed by atoms with van der Waals surface area (Å²) in [5.41, 5.74) is 0.403. The minimum atomic E-state index is -0.307. The standard InChI is InChI=1S/C10H11ClFN/c1-3-7(2)13-10-6-8(11)4-5-9(10)12/h3-7,13H,1H2,2H3. The molecule has 70 valence electrons. The Hall–Kier alpha value is -1.02. The van der Waals surface area contributed by atoms with Crippen molar-refractivity contribution in [3.05, 3.63) is 41.7 Å². The maximum atomic E-state index is 13.1. The molecule has 0 bridgehead atoms. The van der Waals surface area contributed by atoms with Crippen LogP contribution in [0.3, 0.4) is 0 Å². The molecule has 1 atom stereocenters. The molecule has 3 heteroatoms. The van der Waals surface area contributed by atoms with Crippen LogP contribution < -0.4 is 5.32 Å². The zero-order valence-corrected chi connectivity index (χ0v) is 8.11. The van der Waals surface area contributed by atoms with Crippen LogP contribution in [0.25, 0.3) is 0 Å². The molecule has 0 saturated heterocycles.